The molecule has 2 atom stereocenters. The molecule has 31 heavy (non-hydrogen) atoms. The van der Waals surface area contributed by atoms with E-state index in [4.69, 9.17) is 4.52 Å². The van der Waals surface area contributed by atoms with Crippen LogP contribution in [0.5, 0.6) is 0 Å². The van der Waals surface area contributed by atoms with Gasteiger partial charge in [-0.1, -0.05) is 23.4 Å². The minimum Gasteiger partial charge on any atom is -0.368 e. The predicted molar refractivity (Wildman–Crippen MR) is 115 cm³/mol. The summed E-state index contributed by atoms with van der Waals surface area (Å²) in [4.78, 5) is 9.00. The molecule has 1 saturated carbocycles. The van der Waals surface area contributed by atoms with Gasteiger partial charge in [-0.05, 0) is 55.4 Å². The van der Waals surface area contributed by atoms with Crippen molar-refractivity contribution in [2.24, 2.45) is 5.41 Å². The first kappa shape index (κ1) is 18.5. The molecule has 1 aliphatic carbocycles. The predicted octanol–water partition coefficient (Wildman–Crippen LogP) is 3.61. The molecule has 2 fully saturated rings. The van der Waals surface area contributed by atoms with Crippen molar-refractivity contribution in [2.75, 3.05) is 11.9 Å². The van der Waals surface area contributed by atoms with Gasteiger partial charge in [0.15, 0.2) is 6.23 Å². The molecular weight excluding hydrogens is 392 g/mol. The van der Waals surface area contributed by atoms with Gasteiger partial charge in [-0.25, -0.2) is 4.98 Å². The molecule has 1 spiro atoms. The normalized spacial score (nSPS) is 20.4. The molecule has 0 radical (unpaired) electrons. The highest BCUT2D eigenvalue weighted by atomic mass is 16.5. The number of aliphatic hydroxyl groups excluding tert-OH is 1. The Morgan fingerprint density at radius 1 is 1.29 bits per heavy atom. The second-order valence-corrected chi connectivity index (χ2v) is 8.78. The number of hydrogen-bond acceptors (Lipinski definition) is 7. The molecule has 1 aliphatic heterocycles. The van der Waals surface area contributed by atoms with Gasteiger partial charge in [0, 0.05) is 24.0 Å². The van der Waals surface area contributed by atoms with E-state index in [0.717, 1.165) is 35.4 Å². The summed E-state index contributed by atoms with van der Waals surface area (Å²) in [5.74, 6) is 1.21. The second-order valence-electron chi connectivity index (χ2n) is 8.78. The summed E-state index contributed by atoms with van der Waals surface area (Å²) >= 11 is 0. The van der Waals surface area contributed by atoms with E-state index < -0.39 is 6.23 Å². The first-order valence-corrected chi connectivity index (χ1v) is 10.6. The fourth-order valence-electron chi connectivity index (χ4n) is 4.44. The van der Waals surface area contributed by atoms with Gasteiger partial charge >= 0.3 is 0 Å². The Hall–Kier alpha value is -3.23. The number of aliphatic hydroxyl groups is 1. The van der Waals surface area contributed by atoms with Crippen LogP contribution in [0, 0.1) is 12.3 Å². The lowest BCUT2D eigenvalue weighted by Crippen LogP contribution is -2.14. The molecule has 8 nitrogen and oxygen atoms in total. The minimum atomic E-state index is -0.912. The van der Waals surface area contributed by atoms with Gasteiger partial charge in [0.25, 0.3) is 0 Å². The van der Waals surface area contributed by atoms with Crippen LogP contribution >= 0.6 is 0 Å². The number of benzene rings is 1. The number of imidazole rings is 1. The fraction of sp³-hybridized carbons (Fsp3) is 0.348. The third-order valence-corrected chi connectivity index (χ3v) is 6.57. The van der Waals surface area contributed by atoms with E-state index in [1.807, 2.05) is 53.9 Å². The van der Waals surface area contributed by atoms with E-state index in [-0.39, 0.29) is 6.04 Å². The highest BCUT2D eigenvalue weighted by molar-refractivity contribution is 5.65. The first-order chi connectivity index (χ1) is 15.1. The molecule has 3 aromatic heterocycles. The van der Waals surface area contributed by atoms with E-state index in [1.165, 1.54) is 12.8 Å². The van der Waals surface area contributed by atoms with E-state index in [2.05, 4.69) is 25.8 Å². The summed E-state index contributed by atoms with van der Waals surface area (Å²) in [6.07, 6.45) is 6.30. The summed E-state index contributed by atoms with van der Waals surface area (Å²) in [5.41, 5.74) is 4.58. The van der Waals surface area contributed by atoms with Gasteiger partial charge in [-0.2, -0.15) is 4.98 Å². The zero-order valence-corrected chi connectivity index (χ0v) is 17.2. The van der Waals surface area contributed by atoms with Crippen molar-refractivity contribution >= 4 is 11.3 Å². The lowest BCUT2D eigenvalue weighted by molar-refractivity contribution is 0.202. The van der Waals surface area contributed by atoms with Crippen LogP contribution in [0.1, 0.15) is 48.7 Å². The maximum atomic E-state index is 10.8. The van der Waals surface area contributed by atoms with Crippen molar-refractivity contribution in [1.29, 1.82) is 0 Å². The summed E-state index contributed by atoms with van der Waals surface area (Å²) < 4.78 is 7.44. The summed E-state index contributed by atoms with van der Waals surface area (Å²) in [5, 5.41) is 21.7. The number of anilines is 1. The lowest BCUT2D eigenvalue weighted by atomic mass is 10.0. The topological polar surface area (TPSA) is 101 Å². The fourth-order valence-corrected chi connectivity index (χ4v) is 4.44. The maximum Gasteiger partial charge on any atom is 0.244 e. The molecule has 4 heterocycles. The van der Waals surface area contributed by atoms with Crippen LogP contribution in [0.15, 0.2) is 53.3 Å². The Morgan fingerprint density at radius 2 is 2.19 bits per heavy atom. The summed E-state index contributed by atoms with van der Waals surface area (Å²) in [6.45, 7) is 3.03. The molecule has 4 aromatic rings. The average Bonchev–Trinajstić information content (AvgIpc) is 3.16. The maximum absolute atomic E-state index is 10.8. The highest BCUT2D eigenvalue weighted by Gasteiger charge is 2.49. The summed E-state index contributed by atoms with van der Waals surface area (Å²) in [7, 11) is 0. The Kier molecular flexibility index (Phi) is 4.12. The number of aryl methyl sites for hydroxylation is 1. The largest absolute Gasteiger partial charge is 0.368 e. The monoisotopic (exact) mass is 416 g/mol. The van der Waals surface area contributed by atoms with Crippen LogP contribution in [0.2, 0.25) is 0 Å². The molecule has 1 saturated heterocycles. The van der Waals surface area contributed by atoms with Gasteiger partial charge in [-0.3, -0.25) is 4.40 Å². The van der Waals surface area contributed by atoms with Gasteiger partial charge in [0.05, 0.1) is 17.9 Å². The molecular formula is C23H24N6O2. The van der Waals surface area contributed by atoms with Crippen LogP contribution < -0.4 is 10.6 Å². The number of fused-ring (bicyclic) bond motifs is 1. The summed E-state index contributed by atoms with van der Waals surface area (Å²) in [6, 6.07) is 11.8. The highest BCUT2D eigenvalue weighted by Crippen LogP contribution is 2.54. The Balaban J connectivity index is 1.24. The Bertz CT molecular complexity index is 1260. The molecule has 2 aliphatic rings. The van der Waals surface area contributed by atoms with Gasteiger partial charge in [0.1, 0.15) is 5.65 Å². The lowest BCUT2D eigenvalue weighted by Gasteiger charge is -2.16. The number of nitrogens with one attached hydrogen (secondary N) is 2. The molecule has 8 heteroatoms. The standard InChI is InChI=1S/C23H24N6O2/c1-14-5-6-15(20-27-22(31-28-20)17-11-23(7-8-23)13-25-17)10-16(14)26-21(30)18-12-24-19-4-2-3-9-29(18)19/h2-6,9-10,12,17,21,25-26,30H,7-8,11,13H2,1H3. The third kappa shape index (κ3) is 3.28. The second kappa shape index (κ2) is 6.90. The molecule has 2 unspecified atom stereocenters. The number of pyridine rings is 1. The van der Waals surface area contributed by atoms with Crippen molar-refractivity contribution in [3.63, 3.8) is 0 Å². The van der Waals surface area contributed by atoms with Crippen molar-refractivity contribution in [2.45, 2.75) is 38.5 Å². The molecule has 3 N–H and O–H groups in total. The van der Waals surface area contributed by atoms with Crippen molar-refractivity contribution < 1.29 is 9.63 Å². The van der Waals surface area contributed by atoms with Gasteiger partial charge < -0.3 is 20.3 Å². The average molecular weight is 416 g/mol. The van der Waals surface area contributed by atoms with Crippen LogP contribution in [0.4, 0.5) is 5.69 Å². The van der Waals surface area contributed by atoms with Gasteiger partial charge in [-0.15, -0.1) is 0 Å². The first-order valence-electron chi connectivity index (χ1n) is 10.6. The van der Waals surface area contributed by atoms with Crippen molar-refractivity contribution in [3.05, 3.63) is 65.9 Å². The molecule has 1 aromatic carbocycles. The van der Waals surface area contributed by atoms with Gasteiger partial charge in [0.2, 0.25) is 11.7 Å². The third-order valence-electron chi connectivity index (χ3n) is 6.57. The number of rotatable bonds is 5. The molecule has 6 rings (SSSR count). The SMILES string of the molecule is Cc1ccc(-c2noc(C3CC4(CC4)CN3)n2)cc1NC(O)c1cnc2ccccn12. The van der Waals surface area contributed by atoms with Crippen LogP contribution in [-0.2, 0) is 0 Å². The van der Waals surface area contributed by atoms with E-state index in [0.29, 0.717) is 22.8 Å². The Morgan fingerprint density at radius 3 is 3.03 bits per heavy atom. The van der Waals surface area contributed by atoms with Crippen LogP contribution in [-0.4, -0.2) is 31.2 Å². The van der Waals surface area contributed by atoms with E-state index in [1.54, 1.807) is 6.20 Å². The number of hydrogen-bond donors (Lipinski definition) is 3. The van der Waals surface area contributed by atoms with Crippen molar-refractivity contribution in [1.82, 2.24) is 24.8 Å². The van der Waals surface area contributed by atoms with Crippen LogP contribution in [0.25, 0.3) is 17.0 Å². The quantitative estimate of drug-likeness (QED) is 0.427. The van der Waals surface area contributed by atoms with E-state index in [9.17, 15) is 5.11 Å². The van der Waals surface area contributed by atoms with E-state index >= 15 is 0 Å². The zero-order valence-electron chi connectivity index (χ0n) is 17.2. The minimum absolute atomic E-state index is 0.142. The Labute approximate surface area is 179 Å². The zero-order chi connectivity index (χ0) is 21.0. The molecule has 158 valence electrons. The number of nitrogens with zero attached hydrogens (tertiary/aromatic N) is 4. The number of aromatic nitrogens is 4. The molecule has 0 bridgehead atoms. The smallest absolute Gasteiger partial charge is 0.244 e. The molecule has 0 amide bonds. The van der Waals surface area contributed by atoms with Crippen molar-refractivity contribution in [3.8, 4) is 11.4 Å². The van der Waals surface area contributed by atoms with Crippen LogP contribution in [0.3, 0.4) is 0 Å².